The largest absolute Gasteiger partial charge is 0.346 e. The number of fused-ring (bicyclic) bond motifs is 1. The molecule has 2 saturated heterocycles. The summed E-state index contributed by atoms with van der Waals surface area (Å²) in [5.41, 5.74) is 4.14. The quantitative estimate of drug-likeness (QED) is 0.369. The van der Waals surface area contributed by atoms with Crippen molar-refractivity contribution < 1.29 is 4.79 Å². The Labute approximate surface area is 233 Å². The Balaban J connectivity index is 0.883. The fourth-order valence-corrected chi connectivity index (χ4v) is 6.96. The molecule has 5 heterocycles. The summed E-state index contributed by atoms with van der Waals surface area (Å²) in [5, 5.41) is 6.46. The van der Waals surface area contributed by atoms with Gasteiger partial charge >= 0.3 is 0 Å². The van der Waals surface area contributed by atoms with Crippen LogP contribution < -0.4 is 0 Å². The van der Waals surface area contributed by atoms with Crippen LogP contribution in [0.4, 0.5) is 0 Å². The first-order chi connectivity index (χ1) is 19.1. The molecule has 1 aliphatic carbocycles. The maximum Gasteiger partial charge on any atom is 0.225 e. The van der Waals surface area contributed by atoms with Gasteiger partial charge in [-0.15, -0.1) is 0 Å². The second-order valence-electron chi connectivity index (χ2n) is 11.4. The predicted octanol–water partition coefficient (Wildman–Crippen LogP) is 5.30. The molecule has 2 aliphatic heterocycles. The number of halogens is 1. The first-order valence-electron chi connectivity index (χ1n) is 14.2. The van der Waals surface area contributed by atoms with Crippen molar-refractivity contribution in [1.29, 1.82) is 0 Å². The first-order valence-corrected chi connectivity index (χ1v) is 14.6. The van der Waals surface area contributed by atoms with E-state index in [1.807, 2.05) is 30.6 Å². The van der Waals surface area contributed by atoms with E-state index in [4.69, 9.17) is 11.6 Å². The Morgan fingerprint density at radius 2 is 1.69 bits per heavy atom. The van der Waals surface area contributed by atoms with E-state index in [-0.39, 0.29) is 5.92 Å². The molecule has 1 amide bonds. The minimum atomic E-state index is 0.190. The van der Waals surface area contributed by atoms with Crippen molar-refractivity contribution >= 4 is 28.5 Å². The molecule has 0 spiro atoms. The third-order valence-corrected chi connectivity index (χ3v) is 9.46. The van der Waals surface area contributed by atoms with Crippen LogP contribution >= 0.6 is 11.6 Å². The maximum absolute atomic E-state index is 13.3. The molecule has 3 aliphatic rings. The molecule has 9 heteroatoms. The number of hydrogen-bond acceptors (Lipinski definition) is 5. The highest BCUT2D eigenvalue weighted by Crippen LogP contribution is 2.38. The number of aromatic nitrogens is 5. The summed E-state index contributed by atoms with van der Waals surface area (Å²) in [6.45, 7) is 3.79. The lowest BCUT2D eigenvalue weighted by Crippen LogP contribution is -2.56. The Hall–Kier alpha value is -3.23. The smallest absolute Gasteiger partial charge is 0.225 e. The van der Waals surface area contributed by atoms with Crippen molar-refractivity contribution in [1.82, 2.24) is 34.5 Å². The van der Waals surface area contributed by atoms with E-state index in [0.29, 0.717) is 23.9 Å². The summed E-state index contributed by atoms with van der Waals surface area (Å²) in [6, 6.07) is 11.2. The topological polar surface area (TPSA) is 82.9 Å². The summed E-state index contributed by atoms with van der Waals surface area (Å²) in [6.07, 6.45) is 13.8. The van der Waals surface area contributed by atoms with Gasteiger partial charge in [0.15, 0.2) is 0 Å². The zero-order valence-electron chi connectivity index (χ0n) is 22.0. The number of carbonyl (C=O) groups is 1. The summed E-state index contributed by atoms with van der Waals surface area (Å²) in [5.74, 6) is 1.13. The van der Waals surface area contributed by atoms with Gasteiger partial charge in [-0.25, -0.2) is 9.97 Å². The van der Waals surface area contributed by atoms with Crippen LogP contribution in [-0.2, 0) is 4.79 Å². The molecule has 1 N–H and O–H groups in total. The van der Waals surface area contributed by atoms with Crippen LogP contribution in [0.2, 0.25) is 5.02 Å². The molecule has 39 heavy (non-hydrogen) atoms. The zero-order chi connectivity index (χ0) is 26.3. The first kappa shape index (κ1) is 24.8. The molecule has 3 aromatic heterocycles. The van der Waals surface area contributed by atoms with Gasteiger partial charge < -0.3 is 9.88 Å². The van der Waals surface area contributed by atoms with Crippen molar-refractivity contribution in [2.45, 2.75) is 56.5 Å². The fraction of sp³-hybridized carbons (Fsp3) is 0.467. The summed E-state index contributed by atoms with van der Waals surface area (Å²) in [4.78, 5) is 29.9. The van der Waals surface area contributed by atoms with Crippen LogP contribution in [0.3, 0.4) is 0 Å². The van der Waals surface area contributed by atoms with Crippen LogP contribution in [0, 0.1) is 5.92 Å². The van der Waals surface area contributed by atoms with Crippen molar-refractivity contribution in [3.63, 3.8) is 0 Å². The number of nitrogens with zero attached hydrogens (tertiary/aromatic N) is 6. The average Bonchev–Trinajstić information content (AvgIpc) is 3.63. The molecule has 1 aromatic carbocycles. The highest BCUT2D eigenvalue weighted by Gasteiger charge is 2.37. The number of nitrogens with one attached hydrogen (secondary N) is 1. The normalized spacial score (nSPS) is 23.3. The number of aromatic amines is 1. The number of H-pyrrole nitrogens is 1. The van der Waals surface area contributed by atoms with E-state index in [2.05, 4.69) is 52.9 Å². The van der Waals surface area contributed by atoms with E-state index >= 15 is 0 Å². The van der Waals surface area contributed by atoms with Gasteiger partial charge in [0.2, 0.25) is 5.91 Å². The van der Waals surface area contributed by atoms with Crippen LogP contribution in [0.5, 0.6) is 0 Å². The fourth-order valence-electron chi connectivity index (χ4n) is 6.83. The molecular weight excluding hydrogens is 510 g/mol. The van der Waals surface area contributed by atoms with E-state index in [9.17, 15) is 4.79 Å². The third kappa shape index (κ3) is 4.85. The van der Waals surface area contributed by atoms with Crippen molar-refractivity contribution in [3.8, 4) is 11.3 Å². The number of rotatable bonds is 5. The lowest BCUT2D eigenvalue weighted by atomic mass is 9.78. The van der Waals surface area contributed by atoms with Crippen LogP contribution in [0.15, 0.2) is 55.2 Å². The number of amides is 1. The van der Waals surface area contributed by atoms with E-state index in [0.717, 1.165) is 92.0 Å². The Morgan fingerprint density at radius 3 is 2.46 bits per heavy atom. The molecule has 3 fully saturated rings. The molecule has 0 bridgehead atoms. The van der Waals surface area contributed by atoms with Crippen molar-refractivity contribution in [3.05, 3.63) is 65.8 Å². The third-order valence-electron chi connectivity index (χ3n) is 9.20. The number of carbonyl (C=O) groups excluding carboxylic acids is 1. The van der Waals surface area contributed by atoms with Crippen LogP contribution in [0.1, 0.15) is 56.0 Å². The van der Waals surface area contributed by atoms with Gasteiger partial charge in [0.25, 0.3) is 0 Å². The van der Waals surface area contributed by atoms with Gasteiger partial charge in [-0.05, 0) is 68.2 Å². The molecule has 4 aromatic rings. The van der Waals surface area contributed by atoms with Gasteiger partial charge in [-0.3, -0.25) is 14.4 Å². The minimum Gasteiger partial charge on any atom is -0.346 e. The molecule has 202 valence electrons. The Bertz CT molecular complexity index is 1440. The van der Waals surface area contributed by atoms with Gasteiger partial charge in [0, 0.05) is 66.5 Å². The standard InChI is InChI=1S/C30H34ClN7O/c31-24-7-5-21(6-8-24)20-1-3-22(4-2-20)30(39)36-13-10-25(11-14-36)37-17-26(18-37)38-16-23(15-35-38)28-27-9-12-32-29(27)34-19-33-28/h5-9,12,15-16,19-20,22,25-26H,1-4,10-11,13-14,17-18H2,(H,32,33,34). The Kier molecular flexibility index (Phi) is 6.60. The van der Waals surface area contributed by atoms with Gasteiger partial charge in [-0.1, -0.05) is 23.7 Å². The van der Waals surface area contributed by atoms with Gasteiger partial charge in [-0.2, -0.15) is 5.10 Å². The number of likely N-dealkylation sites (tertiary alicyclic amines) is 2. The second-order valence-corrected chi connectivity index (χ2v) is 11.9. The molecule has 1 saturated carbocycles. The number of benzene rings is 1. The van der Waals surface area contributed by atoms with E-state index < -0.39 is 0 Å². The molecule has 0 radical (unpaired) electrons. The van der Waals surface area contributed by atoms with Crippen LogP contribution in [-0.4, -0.2) is 72.7 Å². The lowest BCUT2D eigenvalue weighted by Gasteiger charge is -2.47. The highest BCUT2D eigenvalue weighted by molar-refractivity contribution is 6.30. The predicted molar refractivity (Wildman–Crippen MR) is 151 cm³/mol. The zero-order valence-corrected chi connectivity index (χ0v) is 22.8. The van der Waals surface area contributed by atoms with Gasteiger partial charge in [0.1, 0.15) is 12.0 Å². The minimum absolute atomic E-state index is 0.190. The maximum atomic E-state index is 13.3. The highest BCUT2D eigenvalue weighted by atomic mass is 35.5. The molecular formula is C30H34ClN7O. The number of piperidine rings is 1. The monoisotopic (exact) mass is 543 g/mol. The lowest BCUT2D eigenvalue weighted by molar-refractivity contribution is -0.138. The molecule has 7 rings (SSSR count). The average molecular weight is 544 g/mol. The summed E-state index contributed by atoms with van der Waals surface area (Å²) < 4.78 is 2.09. The van der Waals surface area contributed by atoms with Crippen LogP contribution in [0.25, 0.3) is 22.3 Å². The van der Waals surface area contributed by atoms with Crippen molar-refractivity contribution in [2.24, 2.45) is 5.92 Å². The summed E-state index contributed by atoms with van der Waals surface area (Å²) >= 11 is 6.05. The number of hydrogen-bond donors (Lipinski definition) is 1. The van der Waals surface area contributed by atoms with E-state index in [1.54, 1.807) is 6.33 Å². The SMILES string of the molecule is O=C(C1CCC(c2ccc(Cl)cc2)CC1)N1CCC(N2CC(n3cc(-c4ncnc5[nH]ccc45)cn3)C2)CC1. The van der Waals surface area contributed by atoms with E-state index in [1.165, 1.54) is 5.56 Å². The van der Waals surface area contributed by atoms with Gasteiger partial charge in [0.05, 0.1) is 17.9 Å². The van der Waals surface area contributed by atoms with Crippen molar-refractivity contribution in [2.75, 3.05) is 26.2 Å². The molecule has 0 unspecified atom stereocenters. The second kappa shape index (κ2) is 10.4. The summed E-state index contributed by atoms with van der Waals surface area (Å²) in [7, 11) is 0. The Morgan fingerprint density at radius 1 is 0.923 bits per heavy atom. The molecule has 8 nitrogen and oxygen atoms in total. The molecule has 0 atom stereocenters.